The summed E-state index contributed by atoms with van der Waals surface area (Å²) in [5, 5.41) is 32.2. The van der Waals surface area contributed by atoms with Crippen LogP contribution in [0.4, 0.5) is 0 Å². The first-order chi connectivity index (χ1) is 35.5. The van der Waals surface area contributed by atoms with E-state index in [1.165, 1.54) is 12.5 Å². The first-order valence-corrected chi connectivity index (χ1v) is 25.7. The molecular formula is C50H82N16O9. The summed E-state index contributed by atoms with van der Waals surface area (Å²) in [4.78, 5) is 126. The third-order valence-corrected chi connectivity index (χ3v) is 12.1. The van der Waals surface area contributed by atoms with E-state index >= 15 is 0 Å². The number of H-pyrrole nitrogens is 1. The van der Waals surface area contributed by atoms with E-state index in [1.807, 2.05) is 71.9 Å². The number of aromatic amines is 1. The van der Waals surface area contributed by atoms with E-state index in [4.69, 9.17) is 22.9 Å². The molecule has 1 aliphatic rings. The molecular weight excluding hydrogens is 969 g/mol. The largest absolute Gasteiger partial charge is 0.480 e. The standard InChI is InChI=1S/C50H82N16O9/c1-28(2)21-36(62-43(69)35(17-12-20-58-50(53)54)61-46(72)38(24-31-13-8-7-9-14-31)64-41(67)33-15-10-18-56-33)44(70)60-34(16-11-19-57-49(51)52)42(68)63-37(22-29(3)4)45(71)65-39(25-32-26-55-27-59-32)47(73)66-40(48(74)75)23-30(5)6/h7-9,13-14,26-30,33-40,56H,10-12,15-25H2,1-6H3,(H,55,59)(H,60,70)(H,61,72)(H,62,69)(H,63,68)(H,64,67)(H,65,71)(H,66,73)(H,74,75)(H4,51,52,57)(H4,53,54,58)/t33-,34-,35-,36-,37-,38-,39-,40-/m0/s1. The second-order valence-electron chi connectivity index (χ2n) is 20.2. The van der Waals surface area contributed by atoms with E-state index in [1.54, 1.807) is 0 Å². The minimum absolute atomic E-state index is 0.0260. The number of aliphatic carboxylic acids is 1. The number of carbonyl (C=O) groups excluding carboxylic acids is 7. The van der Waals surface area contributed by atoms with Crippen LogP contribution in [-0.4, -0.2) is 142 Å². The van der Waals surface area contributed by atoms with Crippen molar-refractivity contribution in [2.24, 2.45) is 50.7 Å². The Morgan fingerprint density at radius 2 is 1.03 bits per heavy atom. The second-order valence-corrected chi connectivity index (χ2v) is 20.2. The average Bonchev–Trinajstić information content (AvgIpc) is 4.08. The average molecular weight is 1050 g/mol. The molecule has 0 spiro atoms. The summed E-state index contributed by atoms with van der Waals surface area (Å²) in [7, 11) is 0. The number of carbonyl (C=O) groups is 8. The van der Waals surface area contributed by atoms with E-state index in [2.05, 4.69) is 62.5 Å². The maximum Gasteiger partial charge on any atom is 0.326 e. The Morgan fingerprint density at radius 3 is 1.45 bits per heavy atom. The van der Waals surface area contributed by atoms with E-state index < -0.39 is 89.7 Å². The topological polar surface area (TPSA) is 411 Å². The number of nitrogens with one attached hydrogen (secondary N) is 9. The number of carboxylic acid groups (broad SMARTS) is 1. The molecule has 0 bridgehead atoms. The van der Waals surface area contributed by atoms with E-state index in [9.17, 15) is 43.5 Å². The molecule has 1 aliphatic heterocycles. The molecule has 25 nitrogen and oxygen atoms in total. The van der Waals surface area contributed by atoms with Gasteiger partial charge in [0.1, 0.15) is 42.3 Å². The molecule has 1 saturated heterocycles. The Bertz CT molecular complexity index is 2210. The predicted molar refractivity (Wildman–Crippen MR) is 283 cm³/mol. The Balaban J connectivity index is 1.93. The van der Waals surface area contributed by atoms with Crippen LogP contribution in [0.1, 0.15) is 111 Å². The van der Waals surface area contributed by atoms with Gasteiger partial charge in [0.2, 0.25) is 41.4 Å². The molecule has 0 radical (unpaired) electrons. The van der Waals surface area contributed by atoms with Gasteiger partial charge >= 0.3 is 5.97 Å². The molecule has 18 N–H and O–H groups in total. The number of rotatable bonds is 33. The van der Waals surface area contributed by atoms with Crippen LogP contribution in [-0.2, 0) is 51.2 Å². The van der Waals surface area contributed by atoms with Gasteiger partial charge in [-0.3, -0.25) is 43.5 Å². The molecule has 0 aliphatic carbocycles. The lowest BCUT2D eigenvalue weighted by Crippen LogP contribution is -2.60. The highest BCUT2D eigenvalue weighted by Gasteiger charge is 2.35. The normalized spacial score (nSPS) is 16.0. The second kappa shape index (κ2) is 32.1. The minimum atomic E-state index is -1.32. The summed E-state index contributed by atoms with van der Waals surface area (Å²) in [5.41, 5.74) is 23.5. The lowest BCUT2D eigenvalue weighted by molar-refractivity contribution is -0.142. The van der Waals surface area contributed by atoms with Gasteiger partial charge in [-0.1, -0.05) is 71.9 Å². The number of hydrogen-bond acceptors (Lipinski definition) is 12. The van der Waals surface area contributed by atoms with Crippen molar-refractivity contribution in [2.45, 2.75) is 161 Å². The number of imidazole rings is 1. The van der Waals surface area contributed by atoms with E-state index in [0.29, 0.717) is 18.7 Å². The third-order valence-electron chi connectivity index (χ3n) is 12.1. The van der Waals surface area contributed by atoms with Crippen molar-refractivity contribution in [1.82, 2.24) is 52.5 Å². The van der Waals surface area contributed by atoms with Crippen LogP contribution in [0.3, 0.4) is 0 Å². The molecule has 0 unspecified atom stereocenters. The smallest absolute Gasteiger partial charge is 0.326 e. The highest BCUT2D eigenvalue weighted by atomic mass is 16.4. The summed E-state index contributed by atoms with van der Waals surface area (Å²) >= 11 is 0. The van der Waals surface area contributed by atoms with Crippen molar-refractivity contribution < 1.29 is 43.5 Å². The SMILES string of the molecule is CC(C)C[C@H](NC(=O)[C@H](Cc1cnc[nH]1)NC(=O)[C@H](CC(C)C)NC(=O)[C@H](CCCN=C(N)N)NC(=O)[C@H](CC(C)C)NC(=O)[C@H](CCCN=C(N)N)NC(=O)[C@H](Cc1ccccc1)NC(=O)[C@@H]1CCCN1)C(=O)O. The van der Waals surface area contributed by atoms with Crippen molar-refractivity contribution in [1.29, 1.82) is 0 Å². The molecule has 2 aromatic rings. The van der Waals surface area contributed by atoms with Crippen molar-refractivity contribution in [3.8, 4) is 0 Å². The van der Waals surface area contributed by atoms with Gasteiger partial charge in [0.25, 0.3) is 0 Å². The first-order valence-electron chi connectivity index (χ1n) is 25.7. The maximum absolute atomic E-state index is 14.4. The first kappa shape index (κ1) is 62.0. The Kier molecular flexibility index (Phi) is 26.5. The molecule has 2 heterocycles. The van der Waals surface area contributed by atoms with Gasteiger partial charge in [-0.05, 0) is 87.6 Å². The highest BCUT2D eigenvalue weighted by molar-refractivity contribution is 5.97. The van der Waals surface area contributed by atoms with Gasteiger partial charge in [-0.2, -0.15) is 0 Å². The number of aromatic nitrogens is 2. The zero-order valence-electron chi connectivity index (χ0n) is 44.2. The molecule has 3 rings (SSSR count). The zero-order valence-corrected chi connectivity index (χ0v) is 44.2. The predicted octanol–water partition coefficient (Wildman–Crippen LogP) is -1.33. The van der Waals surface area contributed by atoms with Gasteiger partial charge in [-0.25, -0.2) is 9.78 Å². The molecule has 416 valence electrons. The summed E-state index contributed by atoms with van der Waals surface area (Å²) in [6, 6.07) is -0.0938. The van der Waals surface area contributed by atoms with Crippen LogP contribution in [0, 0.1) is 17.8 Å². The summed E-state index contributed by atoms with van der Waals surface area (Å²) in [5.74, 6) is -6.82. The van der Waals surface area contributed by atoms with Gasteiger partial charge in [0.05, 0.1) is 12.4 Å². The third kappa shape index (κ3) is 23.6. The monoisotopic (exact) mass is 1050 g/mol. The van der Waals surface area contributed by atoms with Crippen molar-refractivity contribution in [3.63, 3.8) is 0 Å². The van der Waals surface area contributed by atoms with Crippen LogP contribution >= 0.6 is 0 Å². The number of nitrogens with two attached hydrogens (primary N) is 4. The number of guanidine groups is 2. The van der Waals surface area contributed by atoms with Crippen LogP contribution in [0.15, 0.2) is 52.8 Å². The quantitative estimate of drug-likeness (QED) is 0.0224. The minimum Gasteiger partial charge on any atom is -0.480 e. The molecule has 8 atom stereocenters. The summed E-state index contributed by atoms with van der Waals surface area (Å²) < 4.78 is 0. The molecule has 7 amide bonds. The number of hydrogen-bond donors (Lipinski definition) is 14. The number of nitrogens with zero attached hydrogens (tertiary/aromatic N) is 3. The van der Waals surface area contributed by atoms with Crippen molar-refractivity contribution in [2.75, 3.05) is 19.6 Å². The lowest BCUT2D eigenvalue weighted by atomic mass is 9.99. The van der Waals surface area contributed by atoms with Gasteiger partial charge < -0.3 is 75.6 Å². The Labute approximate surface area is 439 Å². The Morgan fingerprint density at radius 1 is 0.600 bits per heavy atom. The van der Waals surface area contributed by atoms with E-state index in [0.717, 1.165) is 12.0 Å². The van der Waals surface area contributed by atoms with Gasteiger partial charge in [-0.15, -0.1) is 0 Å². The molecule has 75 heavy (non-hydrogen) atoms. The highest BCUT2D eigenvalue weighted by Crippen LogP contribution is 2.14. The van der Waals surface area contributed by atoms with E-state index in [-0.39, 0.29) is 106 Å². The number of aliphatic imine (C=N–C) groups is 2. The maximum atomic E-state index is 14.4. The van der Waals surface area contributed by atoms with Crippen LogP contribution in [0.5, 0.6) is 0 Å². The van der Waals surface area contributed by atoms with Crippen LogP contribution in [0.25, 0.3) is 0 Å². The molecule has 25 heteroatoms. The Hall–Kier alpha value is -7.31. The van der Waals surface area contributed by atoms with Gasteiger partial charge in [0, 0.05) is 37.8 Å². The van der Waals surface area contributed by atoms with Gasteiger partial charge in [0.15, 0.2) is 11.9 Å². The van der Waals surface area contributed by atoms with Crippen LogP contribution in [0.2, 0.25) is 0 Å². The number of benzene rings is 1. The molecule has 0 saturated carbocycles. The fraction of sp³-hybridized carbons (Fsp3) is 0.620. The fourth-order valence-electron chi connectivity index (χ4n) is 8.34. The van der Waals surface area contributed by atoms with Crippen LogP contribution < -0.4 is 65.5 Å². The molecule has 1 aromatic carbocycles. The number of amides is 7. The zero-order chi connectivity index (χ0) is 55.6. The summed E-state index contributed by atoms with van der Waals surface area (Å²) in [6.07, 6.45) is 4.98. The summed E-state index contributed by atoms with van der Waals surface area (Å²) in [6.45, 7) is 11.8. The fourth-order valence-corrected chi connectivity index (χ4v) is 8.34. The lowest BCUT2D eigenvalue weighted by Gasteiger charge is -2.29. The number of carboxylic acids is 1. The van der Waals surface area contributed by atoms with Crippen molar-refractivity contribution in [3.05, 3.63) is 54.1 Å². The molecule has 1 fully saturated rings. The van der Waals surface area contributed by atoms with Crippen molar-refractivity contribution >= 4 is 59.2 Å². The molecule has 1 aromatic heterocycles.